The molecule has 2 rings (SSSR count). The molecule has 0 radical (unpaired) electrons. The number of halogens is 2. The summed E-state index contributed by atoms with van der Waals surface area (Å²) in [6.45, 7) is 0. The minimum Gasteiger partial charge on any atom is -0.388 e. The first-order valence-corrected chi connectivity index (χ1v) is 7.88. The minimum atomic E-state index is -0.695. The number of aliphatic hydroxyl groups excluding tert-OH is 1. The SMILES string of the molecule is CSc1ccc(C(O)Cc2cc(Br)ccc2F)cc1. The second-order valence-electron chi connectivity index (χ2n) is 4.23. The number of rotatable bonds is 4. The zero-order valence-electron chi connectivity index (χ0n) is 10.4. The lowest BCUT2D eigenvalue weighted by Gasteiger charge is -2.12. The van der Waals surface area contributed by atoms with Crippen LogP contribution in [0.4, 0.5) is 4.39 Å². The molecule has 19 heavy (non-hydrogen) atoms. The summed E-state index contributed by atoms with van der Waals surface area (Å²) >= 11 is 4.96. The van der Waals surface area contributed by atoms with Crippen LogP contribution >= 0.6 is 27.7 Å². The first-order valence-electron chi connectivity index (χ1n) is 5.86. The monoisotopic (exact) mass is 340 g/mol. The maximum Gasteiger partial charge on any atom is 0.126 e. The van der Waals surface area contributed by atoms with Gasteiger partial charge < -0.3 is 5.11 Å². The minimum absolute atomic E-state index is 0.268. The number of thioether (sulfide) groups is 1. The Labute approximate surface area is 125 Å². The van der Waals surface area contributed by atoms with E-state index in [-0.39, 0.29) is 12.2 Å². The van der Waals surface area contributed by atoms with E-state index < -0.39 is 6.10 Å². The van der Waals surface area contributed by atoms with Crippen molar-refractivity contribution in [3.8, 4) is 0 Å². The number of hydrogen-bond acceptors (Lipinski definition) is 2. The van der Waals surface area contributed by atoms with Gasteiger partial charge in [0.1, 0.15) is 5.82 Å². The maximum atomic E-state index is 13.6. The molecule has 0 fully saturated rings. The van der Waals surface area contributed by atoms with Gasteiger partial charge in [0, 0.05) is 15.8 Å². The Hall–Kier alpha value is -0.840. The van der Waals surface area contributed by atoms with E-state index in [0.717, 1.165) is 14.9 Å². The van der Waals surface area contributed by atoms with Gasteiger partial charge in [0.25, 0.3) is 0 Å². The summed E-state index contributed by atoms with van der Waals surface area (Å²) in [5, 5.41) is 10.2. The predicted molar refractivity (Wildman–Crippen MR) is 81.0 cm³/mol. The summed E-state index contributed by atoms with van der Waals surface area (Å²) in [4.78, 5) is 1.14. The highest BCUT2D eigenvalue weighted by atomic mass is 79.9. The molecule has 0 heterocycles. The van der Waals surface area contributed by atoms with E-state index in [1.54, 1.807) is 23.9 Å². The van der Waals surface area contributed by atoms with Gasteiger partial charge in [-0.3, -0.25) is 0 Å². The standard InChI is InChI=1S/C15H14BrFOS/c1-19-13-5-2-10(3-6-13)15(18)9-11-8-12(16)4-7-14(11)17/h2-8,15,18H,9H2,1H3. The molecule has 0 spiro atoms. The van der Waals surface area contributed by atoms with Crippen molar-refractivity contribution in [2.45, 2.75) is 17.4 Å². The van der Waals surface area contributed by atoms with Crippen molar-refractivity contribution in [3.05, 3.63) is 63.9 Å². The summed E-state index contributed by atoms with van der Waals surface area (Å²) in [7, 11) is 0. The van der Waals surface area contributed by atoms with Crippen LogP contribution < -0.4 is 0 Å². The summed E-state index contributed by atoms with van der Waals surface area (Å²) < 4.78 is 14.4. The zero-order valence-corrected chi connectivity index (χ0v) is 12.8. The lowest BCUT2D eigenvalue weighted by atomic mass is 10.0. The molecule has 0 amide bonds. The molecule has 0 saturated carbocycles. The van der Waals surface area contributed by atoms with E-state index in [1.807, 2.05) is 30.5 Å². The maximum absolute atomic E-state index is 13.6. The molecule has 0 aromatic heterocycles. The van der Waals surface area contributed by atoms with Crippen LogP contribution in [0, 0.1) is 5.82 Å². The van der Waals surface area contributed by atoms with Crippen LogP contribution in [0.5, 0.6) is 0 Å². The van der Waals surface area contributed by atoms with Crippen molar-refractivity contribution in [1.29, 1.82) is 0 Å². The van der Waals surface area contributed by atoms with E-state index >= 15 is 0 Å². The highest BCUT2D eigenvalue weighted by Gasteiger charge is 2.12. The number of aliphatic hydroxyl groups is 1. The molecular weight excluding hydrogens is 327 g/mol. The van der Waals surface area contributed by atoms with Gasteiger partial charge in [-0.05, 0) is 47.7 Å². The largest absolute Gasteiger partial charge is 0.388 e. The molecule has 1 nitrogen and oxygen atoms in total. The average Bonchev–Trinajstić information content (AvgIpc) is 2.43. The van der Waals surface area contributed by atoms with Crippen LogP contribution in [0.2, 0.25) is 0 Å². The van der Waals surface area contributed by atoms with Gasteiger partial charge in [-0.15, -0.1) is 11.8 Å². The van der Waals surface area contributed by atoms with E-state index in [0.29, 0.717) is 5.56 Å². The van der Waals surface area contributed by atoms with Crippen LogP contribution in [0.3, 0.4) is 0 Å². The highest BCUT2D eigenvalue weighted by molar-refractivity contribution is 9.10. The molecular formula is C15H14BrFOS. The molecule has 0 bridgehead atoms. The fourth-order valence-electron chi connectivity index (χ4n) is 1.85. The molecule has 100 valence electrons. The van der Waals surface area contributed by atoms with Gasteiger partial charge in [-0.25, -0.2) is 4.39 Å². The second-order valence-corrected chi connectivity index (χ2v) is 6.02. The quantitative estimate of drug-likeness (QED) is 0.821. The normalized spacial score (nSPS) is 12.4. The van der Waals surface area contributed by atoms with Gasteiger partial charge >= 0.3 is 0 Å². The topological polar surface area (TPSA) is 20.2 Å². The Balaban J connectivity index is 2.15. The van der Waals surface area contributed by atoms with Crippen molar-refractivity contribution in [2.75, 3.05) is 6.26 Å². The van der Waals surface area contributed by atoms with Crippen molar-refractivity contribution in [3.63, 3.8) is 0 Å². The first-order chi connectivity index (χ1) is 9.10. The van der Waals surface area contributed by atoms with Crippen LogP contribution in [0.1, 0.15) is 17.2 Å². The van der Waals surface area contributed by atoms with E-state index in [1.165, 1.54) is 6.07 Å². The summed E-state index contributed by atoms with van der Waals surface area (Å²) in [6, 6.07) is 12.4. The molecule has 1 unspecified atom stereocenters. The van der Waals surface area contributed by atoms with Crippen LogP contribution in [0.25, 0.3) is 0 Å². The van der Waals surface area contributed by atoms with Crippen LogP contribution in [-0.2, 0) is 6.42 Å². The molecule has 2 aromatic carbocycles. The summed E-state index contributed by atoms with van der Waals surface area (Å²) in [6.07, 6.45) is 1.58. The lowest BCUT2D eigenvalue weighted by molar-refractivity contribution is 0.177. The third kappa shape index (κ3) is 3.81. The van der Waals surface area contributed by atoms with Crippen molar-refractivity contribution < 1.29 is 9.50 Å². The summed E-state index contributed by atoms with van der Waals surface area (Å²) in [5.74, 6) is -0.289. The van der Waals surface area contributed by atoms with E-state index in [4.69, 9.17) is 0 Å². The average molecular weight is 341 g/mol. The Morgan fingerprint density at radius 3 is 2.53 bits per heavy atom. The van der Waals surface area contributed by atoms with Crippen LogP contribution in [-0.4, -0.2) is 11.4 Å². The molecule has 0 aliphatic rings. The molecule has 4 heteroatoms. The third-order valence-corrected chi connectivity index (χ3v) is 4.16. The second kappa shape index (κ2) is 6.55. The molecule has 2 aromatic rings. The fourth-order valence-corrected chi connectivity index (χ4v) is 2.67. The van der Waals surface area contributed by atoms with Gasteiger partial charge in [-0.2, -0.15) is 0 Å². The van der Waals surface area contributed by atoms with Gasteiger partial charge in [0.05, 0.1) is 6.10 Å². The Kier molecular flexibility index (Phi) is 5.02. The third-order valence-electron chi connectivity index (χ3n) is 2.92. The zero-order chi connectivity index (χ0) is 13.8. The fraction of sp³-hybridized carbons (Fsp3) is 0.200. The van der Waals surface area contributed by atoms with E-state index in [9.17, 15) is 9.50 Å². The van der Waals surface area contributed by atoms with Gasteiger partial charge in [0.2, 0.25) is 0 Å². The van der Waals surface area contributed by atoms with Gasteiger partial charge in [0.15, 0.2) is 0 Å². The van der Waals surface area contributed by atoms with Crippen LogP contribution in [0.15, 0.2) is 51.8 Å². The highest BCUT2D eigenvalue weighted by Crippen LogP contribution is 2.24. The predicted octanol–water partition coefficient (Wildman–Crippen LogP) is 4.59. The first kappa shape index (κ1) is 14.6. The van der Waals surface area contributed by atoms with Crippen molar-refractivity contribution in [2.24, 2.45) is 0 Å². The van der Waals surface area contributed by atoms with Crippen molar-refractivity contribution in [1.82, 2.24) is 0 Å². The molecule has 0 saturated heterocycles. The lowest BCUT2D eigenvalue weighted by Crippen LogP contribution is -2.03. The number of hydrogen-bond donors (Lipinski definition) is 1. The molecule has 1 atom stereocenters. The Morgan fingerprint density at radius 2 is 1.89 bits per heavy atom. The number of benzene rings is 2. The van der Waals surface area contributed by atoms with E-state index in [2.05, 4.69) is 15.9 Å². The Morgan fingerprint density at radius 1 is 1.21 bits per heavy atom. The molecule has 0 aliphatic heterocycles. The van der Waals surface area contributed by atoms with Crippen molar-refractivity contribution >= 4 is 27.7 Å². The summed E-state index contributed by atoms with van der Waals surface area (Å²) in [5.41, 5.74) is 1.31. The van der Waals surface area contributed by atoms with Gasteiger partial charge in [-0.1, -0.05) is 28.1 Å². The molecule has 1 N–H and O–H groups in total. The Bertz CT molecular complexity index is 557. The smallest absolute Gasteiger partial charge is 0.126 e. The molecule has 0 aliphatic carbocycles.